The predicted octanol–water partition coefficient (Wildman–Crippen LogP) is 1.14. The summed E-state index contributed by atoms with van der Waals surface area (Å²) in [6, 6.07) is 8.75. The average Bonchev–Trinajstić information content (AvgIpc) is 3.11. The van der Waals surface area contributed by atoms with Crippen LogP contribution in [0, 0.1) is 5.92 Å². The molecule has 0 aliphatic carbocycles. The molecule has 1 saturated heterocycles. The molecule has 166 valence electrons. The molecule has 9 nitrogen and oxygen atoms in total. The Morgan fingerprint density at radius 2 is 1.90 bits per heavy atom. The van der Waals surface area contributed by atoms with Crippen LogP contribution in [0.4, 0.5) is 4.79 Å². The van der Waals surface area contributed by atoms with Crippen LogP contribution < -0.4 is 10.6 Å². The molecule has 0 unspecified atom stereocenters. The summed E-state index contributed by atoms with van der Waals surface area (Å²) in [6.45, 7) is 4.05. The number of esters is 2. The van der Waals surface area contributed by atoms with Crippen LogP contribution in [0.1, 0.15) is 25.8 Å². The summed E-state index contributed by atoms with van der Waals surface area (Å²) in [5, 5.41) is 5.09. The van der Waals surface area contributed by atoms with Gasteiger partial charge in [-0.15, -0.1) is 0 Å². The second-order valence-corrected chi connectivity index (χ2v) is 7.52. The second-order valence-electron chi connectivity index (χ2n) is 7.52. The van der Waals surface area contributed by atoms with Crippen molar-refractivity contribution >= 4 is 23.9 Å². The Morgan fingerprint density at radius 1 is 1.16 bits per heavy atom. The van der Waals surface area contributed by atoms with Crippen LogP contribution in [-0.4, -0.2) is 61.1 Å². The first-order chi connectivity index (χ1) is 14.9. The lowest BCUT2D eigenvalue weighted by molar-refractivity contribution is -0.148. The van der Waals surface area contributed by atoms with E-state index in [0.717, 1.165) is 5.56 Å². The summed E-state index contributed by atoms with van der Waals surface area (Å²) in [7, 11) is 0. The van der Waals surface area contributed by atoms with Gasteiger partial charge in [0.25, 0.3) is 0 Å². The van der Waals surface area contributed by atoms with E-state index in [1.807, 2.05) is 30.3 Å². The number of likely N-dealkylation sites (tertiary alicyclic amines) is 1. The zero-order chi connectivity index (χ0) is 22.4. The van der Waals surface area contributed by atoms with Crippen LogP contribution in [0.2, 0.25) is 0 Å². The van der Waals surface area contributed by atoms with Crippen LogP contribution in [0.5, 0.6) is 0 Å². The highest BCUT2D eigenvalue weighted by atomic mass is 16.5. The first-order valence-corrected chi connectivity index (χ1v) is 10.3. The number of ether oxygens (including phenoxy) is 2. The largest absolute Gasteiger partial charge is 0.463 e. The van der Waals surface area contributed by atoms with Gasteiger partial charge in [-0.2, -0.15) is 0 Å². The lowest BCUT2D eigenvalue weighted by atomic mass is 10.0. The number of carbonyl (C=O) groups is 4. The summed E-state index contributed by atoms with van der Waals surface area (Å²) in [6.07, 6.45) is 0.794. The highest BCUT2D eigenvalue weighted by Crippen LogP contribution is 2.21. The molecule has 2 heterocycles. The normalized spacial score (nSPS) is 20.9. The van der Waals surface area contributed by atoms with Crippen LogP contribution in [0.25, 0.3) is 0 Å². The first-order valence-electron chi connectivity index (χ1n) is 10.3. The monoisotopic (exact) mass is 429 g/mol. The molecule has 2 aliphatic rings. The van der Waals surface area contributed by atoms with Crippen molar-refractivity contribution in [3.63, 3.8) is 0 Å². The SMILES string of the molecule is CCOC(=O)C1=C(COC(=O)[C@H]2CC(=O)N(CCc3ccccc3)C2)NC(=O)N[C@@H]1C. The van der Waals surface area contributed by atoms with Gasteiger partial charge in [0, 0.05) is 19.5 Å². The number of hydrogen-bond acceptors (Lipinski definition) is 6. The van der Waals surface area contributed by atoms with Crippen molar-refractivity contribution in [2.75, 3.05) is 26.3 Å². The fourth-order valence-electron chi connectivity index (χ4n) is 3.71. The molecule has 9 heteroatoms. The zero-order valence-corrected chi connectivity index (χ0v) is 17.7. The number of urea groups is 1. The first kappa shape index (κ1) is 22.3. The second kappa shape index (κ2) is 10.1. The molecule has 0 saturated carbocycles. The van der Waals surface area contributed by atoms with Crippen molar-refractivity contribution in [2.24, 2.45) is 5.92 Å². The van der Waals surface area contributed by atoms with Crippen molar-refractivity contribution in [1.29, 1.82) is 0 Å². The Kier molecular flexibility index (Phi) is 7.28. The van der Waals surface area contributed by atoms with Gasteiger partial charge in [0.2, 0.25) is 5.91 Å². The average molecular weight is 429 g/mol. The molecule has 3 rings (SSSR count). The molecule has 2 atom stereocenters. The van der Waals surface area contributed by atoms with Gasteiger partial charge in [-0.05, 0) is 25.8 Å². The van der Waals surface area contributed by atoms with E-state index < -0.39 is 29.9 Å². The fraction of sp³-hybridized carbons (Fsp3) is 0.455. The predicted molar refractivity (Wildman–Crippen MR) is 111 cm³/mol. The maximum atomic E-state index is 12.6. The molecule has 1 aromatic carbocycles. The summed E-state index contributed by atoms with van der Waals surface area (Å²) in [4.78, 5) is 50.5. The van der Waals surface area contributed by atoms with Gasteiger partial charge in [-0.3, -0.25) is 9.59 Å². The van der Waals surface area contributed by atoms with Crippen molar-refractivity contribution in [2.45, 2.75) is 32.7 Å². The fourth-order valence-corrected chi connectivity index (χ4v) is 3.71. The maximum absolute atomic E-state index is 12.6. The number of carbonyl (C=O) groups excluding carboxylic acids is 4. The minimum Gasteiger partial charge on any atom is -0.463 e. The van der Waals surface area contributed by atoms with Crippen LogP contribution in [0.3, 0.4) is 0 Å². The van der Waals surface area contributed by atoms with Gasteiger partial charge >= 0.3 is 18.0 Å². The topological polar surface area (TPSA) is 114 Å². The molecule has 3 amide bonds. The lowest BCUT2D eigenvalue weighted by Crippen LogP contribution is -2.50. The third-order valence-corrected chi connectivity index (χ3v) is 5.29. The smallest absolute Gasteiger partial charge is 0.338 e. The van der Waals surface area contributed by atoms with Crippen LogP contribution in [0.15, 0.2) is 41.6 Å². The molecule has 1 aromatic rings. The highest BCUT2D eigenvalue weighted by molar-refractivity contribution is 5.95. The number of nitrogens with one attached hydrogen (secondary N) is 2. The molecule has 0 radical (unpaired) electrons. The lowest BCUT2D eigenvalue weighted by Gasteiger charge is -2.26. The Balaban J connectivity index is 1.58. The van der Waals surface area contributed by atoms with Gasteiger partial charge in [0.05, 0.1) is 29.8 Å². The van der Waals surface area contributed by atoms with Gasteiger partial charge < -0.3 is 25.0 Å². The van der Waals surface area contributed by atoms with Crippen molar-refractivity contribution in [3.8, 4) is 0 Å². The van der Waals surface area contributed by atoms with Crippen molar-refractivity contribution in [3.05, 3.63) is 47.2 Å². The molecule has 2 aliphatic heterocycles. The maximum Gasteiger partial charge on any atom is 0.338 e. The minimum absolute atomic E-state index is 0.0850. The Bertz CT molecular complexity index is 882. The van der Waals surface area contributed by atoms with Crippen LogP contribution >= 0.6 is 0 Å². The Labute approximate surface area is 180 Å². The molecule has 2 N–H and O–H groups in total. The summed E-state index contributed by atoms with van der Waals surface area (Å²) < 4.78 is 10.4. The molecular formula is C22H27N3O6. The number of rotatable bonds is 8. The van der Waals surface area contributed by atoms with Gasteiger partial charge in [-0.25, -0.2) is 9.59 Å². The Morgan fingerprint density at radius 3 is 2.61 bits per heavy atom. The van der Waals surface area contributed by atoms with E-state index >= 15 is 0 Å². The quantitative estimate of drug-likeness (QED) is 0.599. The Hall–Kier alpha value is -3.36. The number of amides is 3. The van der Waals surface area contributed by atoms with Gasteiger partial charge in [0.15, 0.2) is 0 Å². The van der Waals surface area contributed by atoms with E-state index in [-0.39, 0.29) is 36.8 Å². The third-order valence-electron chi connectivity index (χ3n) is 5.29. The van der Waals surface area contributed by atoms with E-state index in [1.165, 1.54) is 0 Å². The molecule has 0 bridgehead atoms. The van der Waals surface area contributed by atoms with Gasteiger partial charge in [-0.1, -0.05) is 30.3 Å². The van der Waals surface area contributed by atoms with E-state index in [1.54, 1.807) is 18.7 Å². The van der Waals surface area contributed by atoms with Gasteiger partial charge in [0.1, 0.15) is 6.61 Å². The standard InChI is InChI=1S/C22H27N3O6/c1-3-30-21(28)19-14(2)23-22(29)24-17(19)13-31-20(27)16-11-18(26)25(12-16)10-9-15-7-5-4-6-8-15/h4-8,14,16H,3,9-13H2,1-2H3,(H2,23,24,29)/t14-,16+/m1/s1. The summed E-state index contributed by atoms with van der Waals surface area (Å²) >= 11 is 0. The molecule has 0 aromatic heterocycles. The van der Waals surface area contributed by atoms with E-state index in [9.17, 15) is 19.2 Å². The molecular weight excluding hydrogens is 402 g/mol. The number of nitrogens with zero attached hydrogens (tertiary/aromatic N) is 1. The summed E-state index contributed by atoms with van der Waals surface area (Å²) in [5.41, 5.74) is 1.52. The van der Waals surface area contributed by atoms with E-state index in [2.05, 4.69) is 10.6 Å². The zero-order valence-electron chi connectivity index (χ0n) is 17.7. The molecule has 1 fully saturated rings. The third kappa shape index (κ3) is 5.62. The summed E-state index contributed by atoms with van der Waals surface area (Å²) in [5.74, 6) is -1.79. The minimum atomic E-state index is -0.586. The number of hydrogen-bond donors (Lipinski definition) is 2. The van der Waals surface area contributed by atoms with Crippen molar-refractivity contribution < 1.29 is 28.7 Å². The molecule has 31 heavy (non-hydrogen) atoms. The highest BCUT2D eigenvalue weighted by Gasteiger charge is 2.36. The van der Waals surface area contributed by atoms with Crippen molar-refractivity contribution in [1.82, 2.24) is 15.5 Å². The molecule has 0 spiro atoms. The van der Waals surface area contributed by atoms with E-state index in [0.29, 0.717) is 19.5 Å². The van der Waals surface area contributed by atoms with E-state index in [4.69, 9.17) is 9.47 Å². The number of benzene rings is 1. The van der Waals surface area contributed by atoms with Crippen LogP contribution in [-0.2, 0) is 30.3 Å².